The molecule has 0 aromatic rings. The molecule has 1 aliphatic carbocycles. The van der Waals surface area contributed by atoms with Gasteiger partial charge in [-0.2, -0.15) is 0 Å². The first-order chi connectivity index (χ1) is 8.19. The minimum atomic E-state index is -0.0110. The van der Waals surface area contributed by atoms with Gasteiger partial charge < -0.3 is 10.5 Å². The second-order valence-corrected chi connectivity index (χ2v) is 5.41. The summed E-state index contributed by atoms with van der Waals surface area (Å²) in [5, 5.41) is 0. The summed E-state index contributed by atoms with van der Waals surface area (Å²) < 4.78 is 5.43. The topological polar surface area (TPSA) is 52.3 Å². The molecule has 0 bridgehead atoms. The number of carbonyl (C=O) groups is 1. The molecule has 0 aromatic heterocycles. The summed E-state index contributed by atoms with van der Waals surface area (Å²) in [4.78, 5) is 12.0. The van der Waals surface area contributed by atoms with E-state index in [4.69, 9.17) is 10.5 Å². The van der Waals surface area contributed by atoms with Crippen molar-refractivity contribution in [2.24, 2.45) is 23.5 Å². The number of rotatable bonds is 6. The van der Waals surface area contributed by atoms with Crippen molar-refractivity contribution < 1.29 is 9.53 Å². The lowest BCUT2D eigenvalue weighted by Gasteiger charge is -2.29. The first-order valence-corrected chi connectivity index (χ1v) is 7.05. The van der Waals surface area contributed by atoms with Crippen LogP contribution in [-0.2, 0) is 9.53 Å². The lowest BCUT2D eigenvalue weighted by Crippen LogP contribution is -2.34. The molecule has 3 atom stereocenters. The van der Waals surface area contributed by atoms with E-state index in [2.05, 4.69) is 13.8 Å². The van der Waals surface area contributed by atoms with Crippen LogP contribution in [0.3, 0.4) is 0 Å². The average Bonchev–Trinajstić information content (AvgIpc) is 2.36. The molecule has 0 aromatic carbocycles. The molecule has 2 N–H and O–H groups in total. The van der Waals surface area contributed by atoms with Gasteiger partial charge in [0.05, 0.1) is 12.5 Å². The van der Waals surface area contributed by atoms with E-state index in [1.807, 2.05) is 0 Å². The van der Waals surface area contributed by atoms with Crippen LogP contribution < -0.4 is 5.73 Å². The Morgan fingerprint density at radius 2 is 2.12 bits per heavy atom. The summed E-state index contributed by atoms with van der Waals surface area (Å²) in [7, 11) is 0. The summed E-state index contributed by atoms with van der Waals surface area (Å²) in [6.45, 7) is 5.48. The van der Waals surface area contributed by atoms with Crippen molar-refractivity contribution in [3.63, 3.8) is 0 Å². The van der Waals surface area contributed by atoms with Crippen LogP contribution in [0.2, 0.25) is 0 Å². The van der Waals surface area contributed by atoms with Gasteiger partial charge in [-0.05, 0) is 37.6 Å². The summed E-state index contributed by atoms with van der Waals surface area (Å²) in [6.07, 6.45) is 6.66. The Labute approximate surface area is 105 Å². The second-order valence-electron chi connectivity index (χ2n) is 5.41. The molecule has 0 amide bonds. The first-order valence-electron chi connectivity index (χ1n) is 7.05. The zero-order valence-electron chi connectivity index (χ0n) is 11.3. The molecule has 1 rings (SSSR count). The number of esters is 1. The normalized spacial score (nSPS) is 26.5. The van der Waals surface area contributed by atoms with E-state index >= 15 is 0 Å². The van der Waals surface area contributed by atoms with E-state index in [0.717, 1.165) is 32.1 Å². The Balaban J connectivity index is 2.34. The maximum absolute atomic E-state index is 12.0. The summed E-state index contributed by atoms with van der Waals surface area (Å²) in [6, 6.07) is 0. The third-order valence-electron chi connectivity index (χ3n) is 3.81. The quantitative estimate of drug-likeness (QED) is 0.727. The highest BCUT2D eigenvalue weighted by Gasteiger charge is 2.31. The lowest BCUT2D eigenvalue weighted by atomic mass is 9.79. The van der Waals surface area contributed by atoms with Crippen molar-refractivity contribution in [2.45, 2.75) is 52.4 Å². The molecule has 0 aliphatic heterocycles. The van der Waals surface area contributed by atoms with Crippen molar-refractivity contribution >= 4 is 5.97 Å². The van der Waals surface area contributed by atoms with Crippen LogP contribution >= 0.6 is 0 Å². The molecule has 0 radical (unpaired) electrons. The van der Waals surface area contributed by atoms with Gasteiger partial charge in [0, 0.05) is 0 Å². The van der Waals surface area contributed by atoms with Gasteiger partial charge >= 0.3 is 5.97 Å². The number of hydrogen-bond acceptors (Lipinski definition) is 3. The highest BCUT2D eigenvalue weighted by atomic mass is 16.5. The maximum Gasteiger partial charge on any atom is 0.309 e. The molecule has 0 heterocycles. The third-order valence-corrected chi connectivity index (χ3v) is 3.81. The standard InChI is InChI=1S/C14H27NO2/c1-3-6-11(2)10-17-14(16)13-8-5-4-7-12(13)9-15/h11-13H,3-10,15H2,1-2H3. The van der Waals surface area contributed by atoms with Crippen LogP contribution in [0.25, 0.3) is 0 Å². The molecule has 3 unspecified atom stereocenters. The first kappa shape index (κ1) is 14.5. The van der Waals surface area contributed by atoms with Crippen LogP contribution in [0.4, 0.5) is 0 Å². The Morgan fingerprint density at radius 3 is 2.76 bits per heavy atom. The van der Waals surface area contributed by atoms with Crippen LogP contribution in [-0.4, -0.2) is 19.1 Å². The second kappa shape index (κ2) is 7.70. The van der Waals surface area contributed by atoms with Crippen molar-refractivity contribution in [2.75, 3.05) is 13.2 Å². The smallest absolute Gasteiger partial charge is 0.309 e. The van der Waals surface area contributed by atoms with Gasteiger partial charge in [-0.15, -0.1) is 0 Å². The zero-order chi connectivity index (χ0) is 12.7. The average molecular weight is 241 g/mol. The minimum Gasteiger partial charge on any atom is -0.465 e. The Hall–Kier alpha value is -0.570. The predicted molar refractivity (Wildman–Crippen MR) is 69.5 cm³/mol. The van der Waals surface area contributed by atoms with Crippen LogP contribution in [0, 0.1) is 17.8 Å². The molecule has 1 aliphatic rings. The van der Waals surface area contributed by atoms with Crippen molar-refractivity contribution in [3.05, 3.63) is 0 Å². The minimum absolute atomic E-state index is 0.0110. The molecule has 0 saturated heterocycles. The summed E-state index contributed by atoms with van der Waals surface area (Å²) in [5.74, 6) is 0.868. The lowest BCUT2D eigenvalue weighted by molar-refractivity contribution is -0.153. The highest BCUT2D eigenvalue weighted by Crippen LogP contribution is 2.30. The molecular formula is C14H27NO2. The van der Waals surface area contributed by atoms with Crippen molar-refractivity contribution in [3.8, 4) is 0 Å². The van der Waals surface area contributed by atoms with E-state index in [0.29, 0.717) is 25.0 Å². The Kier molecular flexibility index (Phi) is 6.56. The van der Waals surface area contributed by atoms with Gasteiger partial charge in [0.15, 0.2) is 0 Å². The van der Waals surface area contributed by atoms with Gasteiger partial charge in [-0.25, -0.2) is 0 Å². The van der Waals surface area contributed by atoms with E-state index in [9.17, 15) is 4.79 Å². The monoisotopic (exact) mass is 241 g/mol. The van der Waals surface area contributed by atoms with Crippen LogP contribution in [0.1, 0.15) is 52.4 Å². The van der Waals surface area contributed by atoms with E-state index < -0.39 is 0 Å². The van der Waals surface area contributed by atoms with E-state index in [1.54, 1.807) is 0 Å². The number of hydrogen-bond donors (Lipinski definition) is 1. The third kappa shape index (κ3) is 4.66. The maximum atomic E-state index is 12.0. The molecule has 0 spiro atoms. The fourth-order valence-electron chi connectivity index (χ4n) is 2.71. The molecule has 1 fully saturated rings. The SMILES string of the molecule is CCCC(C)COC(=O)C1CCCCC1CN. The van der Waals surface area contributed by atoms with Gasteiger partial charge in [-0.3, -0.25) is 4.79 Å². The van der Waals surface area contributed by atoms with Gasteiger partial charge in [0.2, 0.25) is 0 Å². The molecule has 3 heteroatoms. The van der Waals surface area contributed by atoms with Crippen molar-refractivity contribution in [1.82, 2.24) is 0 Å². The number of nitrogens with two attached hydrogens (primary N) is 1. The Morgan fingerprint density at radius 1 is 1.41 bits per heavy atom. The molecular weight excluding hydrogens is 214 g/mol. The summed E-state index contributed by atoms with van der Waals surface area (Å²) in [5.41, 5.74) is 5.73. The number of ether oxygens (including phenoxy) is 1. The summed E-state index contributed by atoms with van der Waals surface area (Å²) >= 11 is 0. The van der Waals surface area contributed by atoms with Crippen molar-refractivity contribution in [1.29, 1.82) is 0 Å². The van der Waals surface area contributed by atoms with Gasteiger partial charge in [0.1, 0.15) is 0 Å². The molecule has 1 saturated carbocycles. The van der Waals surface area contributed by atoms with Gasteiger partial charge in [-0.1, -0.05) is 33.1 Å². The van der Waals surface area contributed by atoms with Gasteiger partial charge in [0.25, 0.3) is 0 Å². The predicted octanol–water partition coefficient (Wildman–Crippen LogP) is 2.73. The Bertz CT molecular complexity index is 230. The fourth-order valence-corrected chi connectivity index (χ4v) is 2.71. The van der Waals surface area contributed by atoms with E-state index in [-0.39, 0.29) is 11.9 Å². The van der Waals surface area contributed by atoms with Crippen LogP contribution in [0.15, 0.2) is 0 Å². The zero-order valence-corrected chi connectivity index (χ0v) is 11.3. The van der Waals surface area contributed by atoms with E-state index in [1.165, 1.54) is 6.42 Å². The molecule has 17 heavy (non-hydrogen) atoms. The fraction of sp³-hybridized carbons (Fsp3) is 0.929. The number of carbonyl (C=O) groups excluding carboxylic acids is 1. The highest BCUT2D eigenvalue weighted by molar-refractivity contribution is 5.73. The molecule has 3 nitrogen and oxygen atoms in total. The molecule has 100 valence electrons. The largest absolute Gasteiger partial charge is 0.465 e. The van der Waals surface area contributed by atoms with Crippen LogP contribution in [0.5, 0.6) is 0 Å².